The molecule has 0 radical (unpaired) electrons. The summed E-state index contributed by atoms with van der Waals surface area (Å²) in [6.07, 6.45) is 2.34. The Balaban J connectivity index is 3.04. The fourth-order valence-electron chi connectivity index (χ4n) is 1.03. The molecule has 0 fully saturated rings. The lowest BCUT2D eigenvalue weighted by Crippen LogP contribution is -2.24. The van der Waals surface area contributed by atoms with Crippen molar-refractivity contribution in [1.82, 2.24) is 10.2 Å². The maximum atomic E-state index is 4.95. The molecule has 0 aliphatic carbocycles. The van der Waals surface area contributed by atoms with Gasteiger partial charge in [-0.2, -0.15) is 0 Å². The second kappa shape index (κ2) is 9.70. The molecule has 0 aromatic carbocycles. The summed E-state index contributed by atoms with van der Waals surface area (Å²) in [7, 11) is 4.15. The average Bonchev–Trinajstić information content (AvgIpc) is 2.06. The minimum atomic E-state index is 0.858. The molecule has 4 heteroatoms. The van der Waals surface area contributed by atoms with Gasteiger partial charge in [0.05, 0.1) is 6.61 Å². The Bertz CT molecular complexity index is 83.1. The third kappa shape index (κ3) is 8.70. The van der Waals surface area contributed by atoms with Gasteiger partial charge < -0.3 is 13.3 Å². The standard InChI is InChI=1S/C8H19IN2O/c1-10-5-3-6-11(2)7-4-8-12-9/h10H,3-8H2,1-2H3. The van der Waals surface area contributed by atoms with Crippen molar-refractivity contribution in [3.8, 4) is 0 Å². The molecule has 74 valence electrons. The summed E-state index contributed by atoms with van der Waals surface area (Å²) in [6, 6.07) is 0. The zero-order valence-corrected chi connectivity index (χ0v) is 10.1. The van der Waals surface area contributed by atoms with Gasteiger partial charge in [0.1, 0.15) is 23.0 Å². The fourth-order valence-corrected chi connectivity index (χ4v) is 1.34. The highest BCUT2D eigenvalue weighted by Gasteiger charge is 1.96. The van der Waals surface area contributed by atoms with Gasteiger partial charge in [0.2, 0.25) is 0 Å². The third-order valence-electron chi connectivity index (χ3n) is 1.73. The molecular formula is C8H19IN2O. The number of nitrogens with one attached hydrogen (secondary N) is 1. The Labute approximate surface area is 89.5 Å². The van der Waals surface area contributed by atoms with Gasteiger partial charge in [-0.05, 0) is 40.0 Å². The first-order chi connectivity index (χ1) is 5.81. The van der Waals surface area contributed by atoms with E-state index in [1.165, 1.54) is 13.0 Å². The Morgan fingerprint density at radius 2 is 2.00 bits per heavy atom. The maximum absolute atomic E-state index is 4.95. The van der Waals surface area contributed by atoms with Crippen molar-refractivity contribution in [2.75, 3.05) is 40.3 Å². The topological polar surface area (TPSA) is 24.5 Å². The SMILES string of the molecule is CNCCCN(C)CCCOI. The first-order valence-electron chi connectivity index (χ1n) is 4.38. The van der Waals surface area contributed by atoms with Gasteiger partial charge in [-0.1, -0.05) is 0 Å². The molecule has 12 heavy (non-hydrogen) atoms. The molecule has 0 atom stereocenters. The summed E-state index contributed by atoms with van der Waals surface area (Å²) in [5.74, 6) is 0. The molecule has 1 N–H and O–H groups in total. The van der Waals surface area contributed by atoms with Gasteiger partial charge in [0.25, 0.3) is 0 Å². The number of hydrogen-bond acceptors (Lipinski definition) is 3. The van der Waals surface area contributed by atoms with Crippen molar-refractivity contribution in [3.05, 3.63) is 0 Å². The third-order valence-corrected chi connectivity index (χ3v) is 2.17. The lowest BCUT2D eigenvalue weighted by Gasteiger charge is -2.15. The molecule has 0 aliphatic heterocycles. The van der Waals surface area contributed by atoms with E-state index in [2.05, 4.69) is 17.3 Å². The van der Waals surface area contributed by atoms with Crippen LogP contribution in [-0.4, -0.2) is 45.2 Å². The van der Waals surface area contributed by atoms with E-state index in [4.69, 9.17) is 3.07 Å². The Morgan fingerprint density at radius 1 is 1.33 bits per heavy atom. The van der Waals surface area contributed by atoms with Crippen LogP contribution in [0.3, 0.4) is 0 Å². The van der Waals surface area contributed by atoms with Crippen molar-refractivity contribution in [2.24, 2.45) is 0 Å². The van der Waals surface area contributed by atoms with Crippen LogP contribution in [0, 0.1) is 0 Å². The predicted octanol–water partition coefficient (Wildman–Crippen LogP) is 1.28. The Hall–Kier alpha value is 0.610. The largest absolute Gasteiger partial charge is 0.320 e. The predicted molar refractivity (Wildman–Crippen MR) is 60.6 cm³/mol. The Kier molecular flexibility index (Phi) is 10.2. The first-order valence-corrected chi connectivity index (χ1v) is 5.26. The van der Waals surface area contributed by atoms with Crippen LogP contribution < -0.4 is 5.32 Å². The minimum absolute atomic E-state index is 0.858. The molecule has 0 amide bonds. The van der Waals surface area contributed by atoms with Crippen LogP contribution in [0.4, 0.5) is 0 Å². The first kappa shape index (κ1) is 12.6. The van der Waals surface area contributed by atoms with E-state index in [1.54, 1.807) is 0 Å². The summed E-state index contributed by atoms with van der Waals surface area (Å²) < 4.78 is 4.95. The fraction of sp³-hybridized carbons (Fsp3) is 1.00. The maximum Gasteiger partial charge on any atom is 0.109 e. The molecular weight excluding hydrogens is 267 g/mol. The Morgan fingerprint density at radius 3 is 2.58 bits per heavy atom. The summed E-state index contributed by atoms with van der Waals surface area (Å²) in [6.45, 7) is 4.26. The molecule has 0 heterocycles. The van der Waals surface area contributed by atoms with Crippen molar-refractivity contribution in [1.29, 1.82) is 0 Å². The minimum Gasteiger partial charge on any atom is -0.320 e. The quantitative estimate of drug-likeness (QED) is 0.537. The zero-order chi connectivity index (χ0) is 9.23. The summed E-state index contributed by atoms with van der Waals surface area (Å²) in [5, 5.41) is 3.14. The van der Waals surface area contributed by atoms with Crippen LogP contribution in [0.15, 0.2) is 0 Å². The molecule has 0 saturated carbocycles. The van der Waals surface area contributed by atoms with E-state index >= 15 is 0 Å². The van der Waals surface area contributed by atoms with E-state index in [0.29, 0.717) is 0 Å². The van der Waals surface area contributed by atoms with E-state index in [0.717, 1.165) is 26.1 Å². The summed E-state index contributed by atoms with van der Waals surface area (Å²) in [4.78, 5) is 2.34. The van der Waals surface area contributed by atoms with Crippen LogP contribution in [0.1, 0.15) is 12.8 Å². The lowest BCUT2D eigenvalue weighted by atomic mass is 10.3. The molecule has 0 spiro atoms. The highest BCUT2D eigenvalue weighted by atomic mass is 127. The summed E-state index contributed by atoms with van der Waals surface area (Å²) >= 11 is 1.94. The van der Waals surface area contributed by atoms with Gasteiger partial charge in [-0.25, -0.2) is 0 Å². The van der Waals surface area contributed by atoms with E-state index < -0.39 is 0 Å². The van der Waals surface area contributed by atoms with Crippen LogP contribution in [0.5, 0.6) is 0 Å². The highest BCUT2D eigenvalue weighted by Crippen LogP contribution is 1.93. The van der Waals surface area contributed by atoms with Gasteiger partial charge in [-0.15, -0.1) is 0 Å². The van der Waals surface area contributed by atoms with E-state index in [-0.39, 0.29) is 0 Å². The van der Waals surface area contributed by atoms with E-state index in [1.807, 2.05) is 30.1 Å². The van der Waals surface area contributed by atoms with Gasteiger partial charge in [0.15, 0.2) is 0 Å². The molecule has 0 aromatic heterocycles. The van der Waals surface area contributed by atoms with Crippen molar-refractivity contribution in [2.45, 2.75) is 12.8 Å². The summed E-state index contributed by atoms with van der Waals surface area (Å²) in [5.41, 5.74) is 0. The average molecular weight is 286 g/mol. The molecule has 3 nitrogen and oxygen atoms in total. The van der Waals surface area contributed by atoms with Crippen molar-refractivity contribution < 1.29 is 3.07 Å². The van der Waals surface area contributed by atoms with Crippen LogP contribution >= 0.6 is 23.0 Å². The van der Waals surface area contributed by atoms with Gasteiger partial charge >= 0.3 is 0 Å². The second-order valence-corrected chi connectivity index (χ2v) is 3.55. The number of halogens is 1. The number of nitrogens with zero attached hydrogens (tertiary/aromatic N) is 1. The molecule has 0 bridgehead atoms. The van der Waals surface area contributed by atoms with Crippen LogP contribution in [-0.2, 0) is 3.07 Å². The number of hydrogen-bond donors (Lipinski definition) is 1. The lowest BCUT2D eigenvalue weighted by molar-refractivity contribution is 0.295. The van der Waals surface area contributed by atoms with Crippen LogP contribution in [0.25, 0.3) is 0 Å². The van der Waals surface area contributed by atoms with Crippen LogP contribution in [0.2, 0.25) is 0 Å². The molecule has 0 aromatic rings. The molecule has 0 aliphatic rings. The van der Waals surface area contributed by atoms with Gasteiger partial charge in [-0.3, -0.25) is 0 Å². The molecule has 0 unspecified atom stereocenters. The second-order valence-electron chi connectivity index (χ2n) is 2.93. The monoisotopic (exact) mass is 286 g/mol. The van der Waals surface area contributed by atoms with Gasteiger partial charge in [0, 0.05) is 6.54 Å². The number of rotatable bonds is 8. The smallest absolute Gasteiger partial charge is 0.109 e. The molecule has 0 saturated heterocycles. The van der Waals surface area contributed by atoms with E-state index in [9.17, 15) is 0 Å². The zero-order valence-electron chi connectivity index (χ0n) is 7.98. The highest BCUT2D eigenvalue weighted by molar-refractivity contribution is 14.1. The van der Waals surface area contributed by atoms with Crippen molar-refractivity contribution in [3.63, 3.8) is 0 Å². The van der Waals surface area contributed by atoms with Crippen molar-refractivity contribution >= 4 is 23.0 Å². The normalized spacial score (nSPS) is 11.0. The molecule has 0 rings (SSSR count).